The third-order valence-electron chi connectivity index (χ3n) is 4.34. The molecule has 0 aliphatic carbocycles. The van der Waals surface area contributed by atoms with Crippen LogP contribution in [0.1, 0.15) is 15.9 Å². The Morgan fingerprint density at radius 3 is 2.31 bits per heavy atom. The van der Waals surface area contributed by atoms with E-state index in [1.54, 1.807) is 48.5 Å². The van der Waals surface area contributed by atoms with Gasteiger partial charge in [0.2, 0.25) is 0 Å². The maximum atomic E-state index is 13.0. The Hall–Kier alpha value is -2.54. The lowest BCUT2D eigenvalue weighted by Crippen LogP contribution is -2.29. The van der Waals surface area contributed by atoms with Crippen molar-refractivity contribution >= 4 is 50.5 Å². The molecule has 0 aromatic heterocycles. The molecule has 0 saturated carbocycles. The van der Waals surface area contributed by atoms with E-state index in [9.17, 15) is 13.2 Å². The summed E-state index contributed by atoms with van der Waals surface area (Å²) in [5.74, 6) is -0.504. The SMILES string of the molecule is Cc1ccc(S(=O)(=O)N(C)c2ccccc2C(=O)Nc2cc(Cl)ccc2Cl)cc1. The van der Waals surface area contributed by atoms with Gasteiger partial charge in [-0.05, 0) is 49.4 Å². The molecule has 0 aliphatic heterocycles. The number of hydrogen-bond donors (Lipinski definition) is 1. The van der Waals surface area contributed by atoms with Gasteiger partial charge in [-0.25, -0.2) is 8.42 Å². The number of amides is 1. The summed E-state index contributed by atoms with van der Waals surface area (Å²) < 4.78 is 27.2. The second kappa shape index (κ2) is 8.45. The van der Waals surface area contributed by atoms with Crippen LogP contribution in [0.3, 0.4) is 0 Å². The van der Waals surface area contributed by atoms with Crippen LogP contribution in [0.25, 0.3) is 0 Å². The van der Waals surface area contributed by atoms with E-state index in [-0.39, 0.29) is 16.1 Å². The molecule has 0 atom stereocenters. The van der Waals surface area contributed by atoms with Gasteiger partial charge < -0.3 is 5.32 Å². The molecule has 8 heteroatoms. The van der Waals surface area contributed by atoms with Crippen LogP contribution in [0.2, 0.25) is 10.0 Å². The maximum absolute atomic E-state index is 13.0. The predicted molar refractivity (Wildman–Crippen MR) is 118 cm³/mol. The summed E-state index contributed by atoms with van der Waals surface area (Å²) in [6.07, 6.45) is 0. The molecule has 3 aromatic carbocycles. The highest BCUT2D eigenvalue weighted by atomic mass is 35.5. The molecule has 1 N–H and O–H groups in total. The number of nitrogens with zero attached hydrogens (tertiary/aromatic N) is 1. The second-order valence-corrected chi connectivity index (χ2v) is 9.19. The fourth-order valence-corrected chi connectivity index (χ4v) is 4.27. The summed E-state index contributed by atoms with van der Waals surface area (Å²) in [7, 11) is -2.44. The predicted octanol–water partition coefficient (Wildman–Crippen LogP) is 5.38. The van der Waals surface area contributed by atoms with Gasteiger partial charge in [0, 0.05) is 12.1 Å². The van der Waals surface area contributed by atoms with E-state index in [2.05, 4.69) is 5.32 Å². The first-order chi connectivity index (χ1) is 13.7. The van der Waals surface area contributed by atoms with Crippen molar-refractivity contribution in [2.24, 2.45) is 0 Å². The highest BCUT2D eigenvalue weighted by Gasteiger charge is 2.25. The monoisotopic (exact) mass is 448 g/mol. The van der Waals surface area contributed by atoms with Crippen LogP contribution < -0.4 is 9.62 Å². The van der Waals surface area contributed by atoms with Crippen LogP contribution in [0, 0.1) is 6.92 Å². The number of nitrogens with one attached hydrogen (secondary N) is 1. The highest BCUT2D eigenvalue weighted by molar-refractivity contribution is 7.92. The Morgan fingerprint density at radius 1 is 0.966 bits per heavy atom. The number of halogens is 2. The van der Waals surface area contributed by atoms with E-state index < -0.39 is 15.9 Å². The number of carbonyl (C=O) groups excluding carboxylic acids is 1. The third-order valence-corrected chi connectivity index (χ3v) is 6.69. The number of aryl methyl sites for hydroxylation is 1. The van der Waals surface area contributed by atoms with Crippen molar-refractivity contribution in [1.82, 2.24) is 0 Å². The molecule has 0 radical (unpaired) electrons. The third kappa shape index (κ3) is 4.56. The first-order valence-corrected chi connectivity index (χ1v) is 10.8. The Balaban J connectivity index is 1.97. The molecule has 3 aromatic rings. The smallest absolute Gasteiger partial charge is 0.264 e. The van der Waals surface area contributed by atoms with Gasteiger partial charge in [0.25, 0.3) is 15.9 Å². The molecule has 0 spiro atoms. The molecule has 3 rings (SSSR count). The van der Waals surface area contributed by atoms with Crippen molar-refractivity contribution in [3.8, 4) is 0 Å². The van der Waals surface area contributed by atoms with Gasteiger partial charge in [-0.1, -0.05) is 53.0 Å². The quantitative estimate of drug-likeness (QED) is 0.569. The van der Waals surface area contributed by atoms with Gasteiger partial charge in [0.15, 0.2) is 0 Å². The van der Waals surface area contributed by atoms with Gasteiger partial charge in [0.05, 0.1) is 26.9 Å². The fraction of sp³-hybridized carbons (Fsp3) is 0.0952. The normalized spacial score (nSPS) is 11.2. The van der Waals surface area contributed by atoms with Crippen molar-refractivity contribution in [3.63, 3.8) is 0 Å². The minimum atomic E-state index is -3.85. The molecule has 0 heterocycles. The summed E-state index contributed by atoms with van der Waals surface area (Å²) in [6.45, 7) is 1.88. The van der Waals surface area contributed by atoms with E-state index >= 15 is 0 Å². The molecule has 5 nitrogen and oxygen atoms in total. The largest absolute Gasteiger partial charge is 0.321 e. The number of sulfonamides is 1. The molecule has 0 saturated heterocycles. The minimum absolute atomic E-state index is 0.138. The molecule has 1 amide bonds. The Kier molecular flexibility index (Phi) is 6.17. The van der Waals surface area contributed by atoms with E-state index in [0.717, 1.165) is 9.87 Å². The lowest BCUT2D eigenvalue weighted by atomic mass is 10.1. The van der Waals surface area contributed by atoms with Crippen LogP contribution in [-0.2, 0) is 10.0 Å². The van der Waals surface area contributed by atoms with Crippen molar-refractivity contribution in [3.05, 3.63) is 87.9 Å². The molecule has 0 bridgehead atoms. The van der Waals surface area contributed by atoms with Gasteiger partial charge in [-0.2, -0.15) is 0 Å². The Morgan fingerprint density at radius 2 is 1.62 bits per heavy atom. The molecular weight excluding hydrogens is 431 g/mol. The van der Waals surface area contributed by atoms with Crippen molar-refractivity contribution in [1.29, 1.82) is 0 Å². The fourth-order valence-electron chi connectivity index (χ4n) is 2.72. The summed E-state index contributed by atoms with van der Waals surface area (Å²) in [5, 5.41) is 3.42. The van der Waals surface area contributed by atoms with Gasteiger partial charge in [0.1, 0.15) is 0 Å². The highest BCUT2D eigenvalue weighted by Crippen LogP contribution is 2.29. The molecule has 0 aliphatic rings. The van der Waals surface area contributed by atoms with Gasteiger partial charge >= 0.3 is 0 Å². The van der Waals surface area contributed by atoms with Crippen LogP contribution in [0.15, 0.2) is 71.6 Å². The summed E-state index contributed by atoms with van der Waals surface area (Å²) in [5.41, 5.74) is 1.71. The molecule has 0 fully saturated rings. The number of carbonyl (C=O) groups is 1. The number of hydrogen-bond acceptors (Lipinski definition) is 3. The number of anilines is 2. The van der Waals surface area contributed by atoms with Gasteiger partial charge in [-0.15, -0.1) is 0 Å². The van der Waals surface area contributed by atoms with Crippen molar-refractivity contribution in [2.45, 2.75) is 11.8 Å². The lowest BCUT2D eigenvalue weighted by Gasteiger charge is -2.22. The summed E-state index contributed by atoms with van der Waals surface area (Å²) in [6, 6.07) is 17.7. The number of benzene rings is 3. The summed E-state index contributed by atoms with van der Waals surface area (Å²) >= 11 is 12.1. The topological polar surface area (TPSA) is 66.5 Å². The number of para-hydroxylation sites is 1. The van der Waals surface area contributed by atoms with Crippen molar-refractivity contribution in [2.75, 3.05) is 16.7 Å². The Bertz CT molecular complexity index is 1160. The van der Waals surface area contributed by atoms with E-state index in [1.165, 1.54) is 25.2 Å². The van der Waals surface area contributed by atoms with Crippen molar-refractivity contribution < 1.29 is 13.2 Å². The molecule has 29 heavy (non-hydrogen) atoms. The standard InChI is InChI=1S/C21H18Cl2N2O3S/c1-14-7-10-16(11-8-14)29(27,28)25(2)20-6-4-3-5-17(20)21(26)24-19-13-15(22)9-12-18(19)23/h3-13H,1-2H3,(H,24,26). The first kappa shape index (κ1) is 21.2. The van der Waals surface area contributed by atoms with Gasteiger partial charge in [-0.3, -0.25) is 9.10 Å². The maximum Gasteiger partial charge on any atom is 0.264 e. The average Bonchev–Trinajstić information content (AvgIpc) is 2.70. The zero-order chi connectivity index (χ0) is 21.2. The average molecular weight is 449 g/mol. The van der Waals surface area contributed by atoms with E-state index in [0.29, 0.717) is 15.7 Å². The zero-order valence-corrected chi connectivity index (χ0v) is 18.0. The molecular formula is C21H18Cl2N2O3S. The van der Waals surface area contributed by atoms with Crippen LogP contribution in [0.4, 0.5) is 11.4 Å². The first-order valence-electron chi connectivity index (χ1n) is 8.61. The van der Waals surface area contributed by atoms with Crippen LogP contribution in [-0.4, -0.2) is 21.4 Å². The van der Waals surface area contributed by atoms with E-state index in [4.69, 9.17) is 23.2 Å². The van der Waals surface area contributed by atoms with Crippen LogP contribution >= 0.6 is 23.2 Å². The lowest BCUT2D eigenvalue weighted by molar-refractivity contribution is 0.102. The number of rotatable bonds is 5. The second-order valence-electron chi connectivity index (χ2n) is 6.38. The molecule has 0 unspecified atom stereocenters. The Labute approximate surface area is 179 Å². The zero-order valence-electron chi connectivity index (χ0n) is 15.7. The summed E-state index contributed by atoms with van der Waals surface area (Å²) in [4.78, 5) is 13.0. The van der Waals surface area contributed by atoms with Crippen LogP contribution in [0.5, 0.6) is 0 Å². The minimum Gasteiger partial charge on any atom is -0.321 e. The molecule has 150 valence electrons. The van der Waals surface area contributed by atoms with E-state index in [1.807, 2.05) is 6.92 Å².